The van der Waals surface area contributed by atoms with Crippen LogP contribution < -0.4 is 5.32 Å². The number of aromatic nitrogens is 1. The summed E-state index contributed by atoms with van der Waals surface area (Å²) in [5, 5.41) is 15.9. The Morgan fingerprint density at radius 2 is 2.25 bits per heavy atom. The second-order valence-electron chi connectivity index (χ2n) is 3.94. The average Bonchev–Trinajstić information content (AvgIpc) is 3.02. The van der Waals surface area contributed by atoms with Gasteiger partial charge in [-0.25, -0.2) is 9.78 Å². The van der Waals surface area contributed by atoms with Crippen molar-refractivity contribution < 1.29 is 14.7 Å². The summed E-state index contributed by atoms with van der Waals surface area (Å²) in [6.07, 6.45) is 2.43. The Morgan fingerprint density at radius 3 is 2.90 bits per heavy atom. The van der Waals surface area contributed by atoms with Gasteiger partial charge in [0, 0.05) is 17.2 Å². The van der Waals surface area contributed by atoms with Gasteiger partial charge in [-0.2, -0.15) is 0 Å². The van der Waals surface area contributed by atoms with Gasteiger partial charge in [0.1, 0.15) is 5.01 Å². The molecule has 0 aliphatic rings. The Kier molecular flexibility index (Phi) is 4.65. The Balaban J connectivity index is 2.02. The Hall–Kier alpha value is -1.99. The summed E-state index contributed by atoms with van der Waals surface area (Å²) < 4.78 is 0. The topological polar surface area (TPSA) is 79.3 Å². The van der Waals surface area contributed by atoms with Crippen molar-refractivity contribution in [3.8, 4) is 0 Å². The highest BCUT2D eigenvalue weighted by atomic mass is 32.1. The normalized spacial score (nSPS) is 10.8. The van der Waals surface area contributed by atoms with Crippen LogP contribution in [0.5, 0.6) is 0 Å². The smallest absolute Gasteiger partial charge is 0.328 e. The number of rotatable bonds is 5. The number of thiazole rings is 1. The fraction of sp³-hybridized carbons (Fsp3) is 0.154. The third-order valence-electron chi connectivity index (χ3n) is 2.37. The number of aryl methyl sites for hydroxylation is 1. The first-order valence-corrected chi connectivity index (χ1v) is 7.50. The number of carboxylic acid groups (broad SMARTS) is 1. The van der Waals surface area contributed by atoms with E-state index in [1.54, 1.807) is 11.4 Å². The van der Waals surface area contributed by atoms with Gasteiger partial charge in [-0.15, -0.1) is 22.7 Å². The molecule has 0 aliphatic carbocycles. The highest BCUT2D eigenvalue weighted by Crippen LogP contribution is 2.18. The minimum atomic E-state index is -1.04. The van der Waals surface area contributed by atoms with E-state index in [1.165, 1.54) is 28.7 Å². The molecular formula is C13H12N2O3S2. The molecule has 0 aromatic carbocycles. The second-order valence-corrected chi connectivity index (χ2v) is 5.80. The molecule has 2 rings (SSSR count). The first-order valence-electron chi connectivity index (χ1n) is 5.74. The molecule has 0 saturated heterocycles. The van der Waals surface area contributed by atoms with Crippen molar-refractivity contribution in [3.63, 3.8) is 0 Å². The lowest BCUT2D eigenvalue weighted by atomic mass is 10.2. The number of carboxylic acids is 1. The van der Waals surface area contributed by atoms with E-state index < -0.39 is 5.97 Å². The number of carbonyl (C=O) groups excluding carboxylic acids is 1. The van der Waals surface area contributed by atoms with Crippen molar-refractivity contribution in [1.82, 2.24) is 10.3 Å². The van der Waals surface area contributed by atoms with Crippen LogP contribution in [0.4, 0.5) is 0 Å². The third kappa shape index (κ3) is 3.75. The number of hydrogen-bond donors (Lipinski definition) is 2. The van der Waals surface area contributed by atoms with Crippen LogP contribution in [0.1, 0.15) is 25.9 Å². The molecule has 0 unspecified atom stereocenters. The van der Waals surface area contributed by atoms with E-state index in [-0.39, 0.29) is 5.91 Å². The van der Waals surface area contributed by atoms with Crippen LogP contribution in [0.2, 0.25) is 0 Å². The molecule has 0 bridgehead atoms. The Bertz CT molecular complexity index is 658. The van der Waals surface area contributed by atoms with Gasteiger partial charge in [-0.05, 0) is 30.0 Å². The van der Waals surface area contributed by atoms with Crippen molar-refractivity contribution in [2.45, 2.75) is 13.5 Å². The summed E-state index contributed by atoms with van der Waals surface area (Å²) in [5.74, 6) is -1.27. The summed E-state index contributed by atoms with van der Waals surface area (Å²) >= 11 is 2.77. The lowest BCUT2D eigenvalue weighted by Crippen LogP contribution is -2.22. The van der Waals surface area contributed by atoms with Gasteiger partial charge in [0.15, 0.2) is 0 Å². The fourth-order valence-corrected chi connectivity index (χ4v) is 3.03. The highest BCUT2D eigenvalue weighted by molar-refractivity contribution is 7.12. The average molecular weight is 308 g/mol. The Labute approximate surface area is 123 Å². The minimum absolute atomic E-state index is 0.224. The number of amides is 1. The van der Waals surface area contributed by atoms with Crippen molar-refractivity contribution >= 4 is 40.6 Å². The van der Waals surface area contributed by atoms with E-state index in [1.807, 2.05) is 12.3 Å². The third-order valence-corrected chi connectivity index (χ3v) is 4.27. The van der Waals surface area contributed by atoms with Crippen LogP contribution in [0.3, 0.4) is 0 Å². The zero-order chi connectivity index (χ0) is 14.5. The van der Waals surface area contributed by atoms with Crippen LogP contribution >= 0.6 is 22.7 Å². The molecule has 7 heteroatoms. The number of nitrogens with zero attached hydrogens (tertiary/aromatic N) is 1. The van der Waals surface area contributed by atoms with Crippen molar-refractivity contribution in [2.24, 2.45) is 0 Å². The van der Waals surface area contributed by atoms with E-state index in [4.69, 9.17) is 5.11 Å². The van der Waals surface area contributed by atoms with E-state index in [2.05, 4.69) is 10.3 Å². The lowest BCUT2D eigenvalue weighted by molar-refractivity contribution is -0.131. The molecule has 20 heavy (non-hydrogen) atoms. The van der Waals surface area contributed by atoms with E-state index in [0.29, 0.717) is 17.0 Å². The molecule has 2 heterocycles. The zero-order valence-electron chi connectivity index (χ0n) is 10.6. The Morgan fingerprint density at radius 1 is 1.45 bits per heavy atom. The monoisotopic (exact) mass is 308 g/mol. The van der Waals surface area contributed by atoms with Crippen molar-refractivity contribution in [2.75, 3.05) is 0 Å². The lowest BCUT2D eigenvalue weighted by Gasteiger charge is -2.02. The van der Waals surface area contributed by atoms with Crippen LogP contribution in [0.25, 0.3) is 6.08 Å². The summed E-state index contributed by atoms with van der Waals surface area (Å²) in [7, 11) is 0. The molecular weight excluding hydrogens is 296 g/mol. The van der Waals surface area contributed by atoms with E-state index in [9.17, 15) is 9.59 Å². The van der Waals surface area contributed by atoms with Gasteiger partial charge in [-0.1, -0.05) is 0 Å². The number of carbonyl (C=O) groups is 2. The van der Waals surface area contributed by atoms with Crippen molar-refractivity contribution in [3.05, 3.63) is 44.0 Å². The van der Waals surface area contributed by atoms with E-state index in [0.717, 1.165) is 16.8 Å². The number of nitrogens with one attached hydrogen (secondary N) is 1. The zero-order valence-corrected chi connectivity index (χ0v) is 12.3. The van der Waals surface area contributed by atoms with Crippen LogP contribution in [-0.2, 0) is 11.3 Å². The molecule has 2 aromatic rings. The molecule has 0 radical (unpaired) electrons. The maximum Gasteiger partial charge on any atom is 0.328 e. The maximum atomic E-state index is 12.0. The van der Waals surface area contributed by atoms with Gasteiger partial charge in [0.2, 0.25) is 0 Å². The second kappa shape index (κ2) is 6.44. The minimum Gasteiger partial charge on any atom is -0.478 e. The van der Waals surface area contributed by atoms with Crippen molar-refractivity contribution in [1.29, 1.82) is 0 Å². The fourth-order valence-electron chi connectivity index (χ4n) is 1.52. The summed E-state index contributed by atoms with van der Waals surface area (Å²) in [5.41, 5.74) is 1.53. The van der Waals surface area contributed by atoms with Gasteiger partial charge < -0.3 is 10.4 Å². The molecule has 0 spiro atoms. The first kappa shape index (κ1) is 14.4. The summed E-state index contributed by atoms with van der Waals surface area (Å²) in [6.45, 7) is 2.27. The van der Waals surface area contributed by atoms with Crippen LogP contribution in [-0.4, -0.2) is 22.0 Å². The quantitative estimate of drug-likeness (QED) is 0.832. The van der Waals surface area contributed by atoms with Crippen LogP contribution in [0, 0.1) is 6.92 Å². The number of aliphatic carboxylic acids is 1. The standard InChI is InChI=1S/C13H12N2O3S2/c1-8-7-20-10(15-8)6-14-13(18)12-9(4-5-19-12)2-3-11(16)17/h2-5,7H,6H2,1H3,(H,14,18)(H,16,17). The number of thiophene rings is 1. The SMILES string of the molecule is Cc1csc(CNC(=O)c2sccc2C=CC(=O)O)n1. The van der Waals surface area contributed by atoms with Gasteiger partial charge in [0.25, 0.3) is 5.91 Å². The molecule has 104 valence electrons. The molecule has 0 fully saturated rings. The van der Waals surface area contributed by atoms with Gasteiger partial charge in [0.05, 0.1) is 11.4 Å². The molecule has 2 N–H and O–H groups in total. The van der Waals surface area contributed by atoms with Gasteiger partial charge in [-0.3, -0.25) is 4.79 Å². The molecule has 0 atom stereocenters. The van der Waals surface area contributed by atoms with E-state index >= 15 is 0 Å². The van der Waals surface area contributed by atoms with Crippen LogP contribution in [0.15, 0.2) is 22.9 Å². The molecule has 0 aliphatic heterocycles. The predicted octanol–water partition coefficient (Wildman–Crippen LogP) is 2.54. The number of hydrogen-bond acceptors (Lipinski definition) is 5. The molecule has 2 aromatic heterocycles. The first-order chi connectivity index (χ1) is 9.56. The summed E-state index contributed by atoms with van der Waals surface area (Å²) in [4.78, 5) is 27.3. The largest absolute Gasteiger partial charge is 0.478 e. The maximum absolute atomic E-state index is 12.0. The molecule has 0 saturated carbocycles. The summed E-state index contributed by atoms with van der Waals surface area (Å²) in [6, 6.07) is 1.71. The highest BCUT2D eigenvalue weighted by Gasteiger charge is 2.12. The predicted molar refractivity (Wildman–Crippen MR) is 79.0 cm³/mol. The molecule has 1 amide bonds. The van der Waals surface area contributed by atoms with Gasteiger partial charge >= 0.3 is 5.97 Å². The molecule has 5 nitrogen and oxygen atoms in total.